The van der Waals surface area contributed by atoms with Crippen molar-refractivity contribution in [3.05, 3.63) is 17.7 Å². The SMILES string of the molecule is CCC(C)(C)CNc1ccc(C(=O)OC)c(OC)n1. The van der Waals surface area contributed by atoms with E-state index in [1.807, 2.05) is 0 Å². The van der Waals surface area contributed by atoms with Crippen LogP contribution in [0.25, 0.3) is 0 Å². The lowest BCUT2D eigenvalue weighted by atomic mass is 9.90. The van der Waals surface area contributed by atoms with Gasteiger partial charge in [-0.15, -0.1) is 0 Å². The first-order valence-electron chi connectivity index (χ1n) is 6.30. The highest BCUT2D eigenvalue weighted by Gasteiger charge is 2.17. The molecule has 0 bridgehead atoms. The van der Waals surface area contributed by atoms with Crippen LogP contribution in [0, 0.1) is 5.41 Å². The van der Waals surface area contributed by atoms with Crippen molar-refractivity contribution in [2.75, 3.05) is 26.1 Å². The maximum absolute atomic E-state index is 11.5. The molecular weight excluding hydrogens is 244 g/mol. The molecule has 0 aliphatic rings. The molecule has 5 nitrogen and oxygen atoms in total. The first-order chi connectivity index (χ1) is 8.93. The largest absolute Gasteiger partial charge is 0.480 e. The number of anilines is 1. The zero-order valence-corrected chi connectivity index (χ0v) is 12.2. The molecule has 0 aliphatic heterocycles. The van der Waals surface area contributed by atoms with Gasteiger partial charge in [0.05, 0.1) is 14.2 Å². The first-order valence-corrected chi connectivity index (χ1v) is 6.30. The molecule has 1 heterocycles. The number of hydrogen-bond acceptors (Lipinski definition) is 5. The van der Waals surface area contributed by atoms with Crippen molar-refractivity contribution in [2.24, 2.45) is 5.41 Å². The highest BCUT2D eigenvalue weighted by Crippen LogP contribution is 2.22. The Hall–Kier alpha value is -1.78. The second-order valence-corrected chi connectivity index (χ2v) is 5.12. The number of aromatic nitrogens is 1. The summed E-state index contributed by atoms with van der Waals surface area (Å²) in [5.74, 6) is 0.502. The Bertz CT molecular complexity index is 444. The van der Waals surface area contributed by atoms with E-state index >= 15 is 0 Å². The van der Waals surface area contributed by atoms with Gasteiger partial charge in [-0.3, -0.25) is 0 Å². The summed E-state index contributed by atoms with van der Waals surface area (Å²) in [4.78, 5) is 15.8. The van der Waals surface area contributed by atoms with Gasteiger partial charge in [-0.2, -0.15) is 4.98 Å². The normalized spacial score (nSPS) is 11.0. The highest BCUT2D eigenvalue weighted by atomic mass is 16.5. The van der Waals surface area contributed by atoms with E-state index in [1.54, 1.807) is 12.1 Å². The Morgan fingerprint density at radius 2 is 2.05 bits per heavy atom. The molecule has 106 valence electrons. The van der Waals surface area contributed by atoms with Crippen molar-refractivity contribution in [1.82, 2.24) is 4.98 Å². The van der Waals surface area contributed by atoms with Crippen LogP contribution >= 0.6 is 0 Å². The number of nitrogens with zero attached hydrogens (tertiary/aromatic N) is 1. The molecule has 0 aliphatic carbocycles. The minimum Gasteiger partial charge on any atom is -0.480 e. The number of ether oxygens (including phenoxy) is 2. The fraction of sp³-hybridized carbons (Fsp3) is 0.571. The van der Waals surface area contributed by atoms with Crippen LogP contribution in [0.4, 0.5) is 5.82 Å². The van der Waals surface area contributed by atoms with E-state index in [2.05, 4.69) is 35.8 Å². The number of nitrogens with one attached hydrogen (secondary N) is 1. The van der Waals surface area contributed by atoms with Crippen LogP contribution in [-0.4, -0.2) is 31.7 Å². The number of methoxy groups -OCH3 is 2. The van der Waals surface area contributed by atoms with E-state index in [4.69, 9.17) is 4.74 Å². The second-order valence-electron chi connectivity index (χ2n) is 5.12. The molecule has 1 N–H and O–H groups in total. The maximum atomic E-state index is 11.5. The molecule has 5 heteroatoms. The predicted molar refractivity (Wildman–Crippen MR) is 74.7 cm³/mol. The average Bonchev–Trinajstić information content (AvgIpc) is 2.44. The van der Waals surface area contributed by atoms with Gasteiger partial charge >= 0.3 is 5.97 Å². The van der Waals surface area contributed by atoms with Crippen molar-refractivity contribution >= 4 is 11.8 Å². The lowest BCUT2D eigenvalue weighted by Gasteiger charge is -2.23. The number of hydrogen-bond donors (Lipinski definition) is 1. The fourth-order valence-corrected chi connectivity index (χ4v) is 1.41. The number of pyridine rings is 1. The van der Waals surface area contributed by atoms with Crippen LogP contribution in [0.5, 0.6) is 5.88 Å². The Morgan fingerprint density at radius 1 is 1.37 bits per heavy atom. The molecule has 19 heavy (non-hydrogen) atoms. The minimum atomic E-state index is -0.454. The minimum absolute atomic E-state index is 0.190. The van der Waals surface area contributed by atoms with Gasteiger partial charge in [0.15, 0.2) is 0 Å². The zero-order valence-electron chi connectivity index (χ0n) is 12.2. The Labute approximate surface area is 114 Å². The third-order valence-electron chi connectivity index (χ3n) is 3.16. The number of carbonyl (C=O) groups excluding carboxylic acids is 1. The van der Waals surface area contributed by atoms with Crippen LogP contribution in [0.2, 0.25) is 0 Å². The van der Waals surface area contributed by atoms with Gasteiger partial charge in [-0.1, -0.05) is 20.8 Å². The summed E-state index contributed by atoms with van der Waals surface area (Å²) in [7, 11) is 2.81. The molecule has 0 aromatic carbocycles. The molecule has 0 fully saturated rings. The third kappa shape index (κ3) is 4.12. The molecule has 0 saturated carbocycles. The van der Waals surface area contributed by atoms with Crippen molar-refractivity contribution in [3.63, 3.8) is 0 Å². The molecule has 1 aromatic heterocycles. The van der Waals surface area contributed by atoms with E-state index in [0.29, 0.717) is 11.4 Å². The Kier molecular flexibility index (Phi) is 5.15. The van der Waals surface area contributed by atoms with E-state index in [-0.39, 0.29) is 11.3 Å². The van der Waals surface area contributed by atoms with Gasteiger partial charge < -0.3 is 14.8 Å². The molecule has 1 aromatic rings. The Balaban J connectivity index is 2.86. The average molecular weight is 266 g/mol. The van der Waals surface area contributed by atoms with Crippen LogP contribution in [0.1, 0.15) is 37.6 Å². The molecule has 0 spiro atoms. The van der Waals surface area contributed by atoms with Gasteiger partial charge in [-0.05, 0) is 24.0 Å². The van der Waals surface area contributed by atoms with E-state index in [9.17, 15) is 4.79 Å². The number of rotatable bonds is 6. The molecule has 0 saturated heterocycles. The van der Waals surface area contributed by atoms with Crippen LogP contribution < -0.4 is 10.1 Å². The van der Waals surface area contributed by atoms with Crippen LogP contribution in [0.3, 0.4) is 0 Å². The molecular formula is C14H22N2O3. The topological polar surface area (TPSA) is 60.5 Å². The van der Waals surface area contributed by atoms with Crippen molar-refractivity contribution in [3.8, 4) is 5.88 Å². The van der Waals surface area contributed by atoms with Gasteiger partial charge in [0.1, 0.15) is 11.4 Å². The van der Waals surface area contributed by atoms with Gasteiger partial charge in [-0.25, -0.2) is 4.79 Å². The molecule has 0 unspecified atom stereocenters. The third-order valence-corrected chi connectivity index (χ3v) is 3.16. The first kappa shape index (κ1) is 15.3. The number of carbonyl (C=O) groups is 1. The van der Waals surface area contributed by atoms with E-state index in [1.165, 1.54) is 14.2 Å². The summed E-state index contributed by atoms with van der Waals surface area (Å²) >= 11 is 0. The van der Waals surface area contributed by atoms with Gasteiger partial charge in [0, 0.05) is 6.54 Å². The van der Waals surface area contributed by atoms with Crippen molar-refractivity contribution in [2.45, 2.75) is 27.2 Å². The monoisotopic (exact) mass is 266 g/mol. The molecule has 0 amide bonds. The van der Waals surface area contributed by atoms with Gasteiger partial charge in [0.25, 0.3) is 0 Å². The summed E-state index contributed by atoms with van der Waals surface area (Å²) in [5.41, 5.74) is 0.515. The smallest absolute Gasteiger partial charge is 0.343 e. The number of esters is 1. The van der Waals surface area contributed by atoms with E-state index in [0.717, 1.165) is 13.0 Å². The molecule has 1 rings (SSSR count). The van der Waals surface area contributed by atoms with Gasteiger partial charge in [0.2, 0.25) is 5.88 Å². The summed E-state index contributed by atoms with van der Waals surface area (Å²) in [5, 5.41) is 3.25. The lowest BCUT2D eigenvalue weighted by molar-refractivity contribution is 0.0596. The molecule has 0 atom stereocenters. The van der Waals surface area contributed by atoms with Crippen LogP contribution in [0.15, 0.2) is 12.1 Å². The van der Waals surface area contributed by atoms with Crippen LogP contribution in [-0.2, 0) is 4.74 Å². The summed E-state index contributed by atoms with van der Waals surface area (Å²) in [6.45, 7) is 7.31. The van der Waals surface area contributed by atoms with E-state index < -0.39 is 5.97 Å². The summed E-state index contributed by atoms with van der Waals surface area (Å²) < 4.78 is 9.79. The second kappa shape index (κ2) is 6.41. The maximum Gasteiger partial charge on any atom is 0.343 e. The summed E-state index contributed by atoms with van der Waals surface area (Å²) in [6.07, 6.45) is 1.07. The predicted octanol–water partition coefficient (Wildman–Crippen LogP) is 2.72. The Morgan fingerprint density at radius 3 is 2.58 bits per heavy atom. The van der Waals surface area contributed by atoms with Crippen molar-refractivity contribution < 1.29 is 14.3 Å². The zero-order chi connectivity index (χ0) is 14.5. The standard InChI is InChI=1S/C14H22N2O3/c1-6-14(2,3)9-15-11-8-7-10(13(17)19-5)12(16-11)18-4/h7-8H,6,9H2,1-5H3,(H,15,16). The lowest BCUT2D eigenvalue weighted by Crippen LogP contribution is -2.22. The quantitative estimate of drug-likeness (QED) is 0.802. The molecule has 0 radical (unpaired) electrons. The fourth-order valence-electron chi connectivity index (χ4n) is 1.41. The summed E-state index contributed by atoms with van der Waals surface area (Å²) in [6, 6.07) is 3.40. The van der Waals surface area contributed by atoms with Crippen molar-refractivity contribution in [1.29, 1.82) is 0 Å². The highest BCUT2D eigenvalue weighted by molar-refractivity contribution is 5.92.